The van der Waals surface area contributed by atoms with Gasteiger partial charge in [0.25, 0.3) is 0 Å². The average molecular weight is 260 g/mol. The Hall–Kier alpha value is -1.34. The summed E-state index contributed by atoms with van der Waals surface area (Å²) < 4.78 is 28.8. The highest BCUT2D eigenvalue weighted by Gasteiger charge is 2.10. The van der Waals surface area contributed by atoms with E-state index in [9.17, 15) is 8.78 Å². The molecule has 1 rings (SSSR count). The molecule has 0 aromatic heterocycles. The molecule has 0 unspecified atom stereocenters. The maximum absolute atomic E-state index is 12.2. The number of nitrogens with zero attached hydrogens (tertiary/aromatic N) is 1. The summed E-state index contributed by atoms with van der Waals surface area (Å²) in [7, 11) is 0. The summed E-state index contributed by atoms with van der Waals surface area (Å²) in [5.41, 5.74) is 1.35. The number of rotatable bonds is 6. The molecule has 0 atom stereocenters. The molecule has 0 aliphatic heterocycles. The van der Waals surface area contributed by atoms with Crippen LogP contribution in [-0.2, 0) is 12.8 Å². The number of aryl methyl sites for hydroxylation is 1. The van der Waals surface area contributed by atoms with Crippen LogP contribution in [0.3, 0.4) is 0 Å². The van der Waals surface area contributed by atoms with Crippen molar-refractivity contribution in [1.82, 2.24) is 0 Å². The molecule has 5 heteroatoms. The van der Waals surface area contributed by atoms with E-state index < -0.39 is 6.61 Å². The second-order valence-electron chi connectivity index (χ2n) is 3.45. The fourth-order valence-electron chi connectivity index (χ4n) is 1.46. The average Bonchev–Trinajstić information content (AvgIpc) is 2.29. The van der Waals surface area contributed by atoms with Gasteiger partial charge in [-0.2, -0.15) is 14.0 Å². The Labute approximate surface area is 104 Å². The number of halogens is 3. The zero-order valence-electron chi connectivity index (χ0n) is 9.13. The van der Waals surface area contributed by atoms with Crippen molar-refractivity contribution in [3.05, 3.63) is 29.3 Å². The predicted octanol–water partition coefficient (Wildman–Crippen LogP) is 3.53. The quantitative estimate of drug-likeness (QED) is 0.732. The van der Waals surface area contributed by atoms with Gasteiger partial charge in [-0.3, -0.25) is 0 Å². The molecule has 0 heterocycles. The molecule has 0 saturated heterocycles. The van der Waals surface area contributed by atoms with Crippen LogP contribution in [0.5, 0.6) is 5.75 Å². The molecule has 0 saturated carbocycles. The Kier molecular flexibility index (Phi) is 5.71. The molecule has 1 aromatic rings. The van der Waals surface area contributed by atoms with Crippen LogP contribution in [0.2, 0.25) is 0 Å². The number of alkyl halides is 3. The van der Waals surface area contributed by atoms with E-state index >= 15 is 0 Å². The topological polar surface area (TPSA) is 33.0 Å². The molecule has 1 aromatic carbocycles. The summed E-state index contributed by atoms with van der Waals surface area (Å²) in [5, 5.41) is 8.58. The Morgan fingerprint density at radius 1 is 1.41 bits per heavy atom. The normalized spacial score (nSPS) is 10.3. The summed E-state index contributed by atoms with van der Waals surface area (Å²) >= 11 is 5.56. The lowest BCUT2D eigenvalue weighted by Crippen LogP contribution is -2.05. The first-order valence-corrected chi connectivity index (χ1v) is 5.70. The zero-order valence-corrected chi connectivity index (χ0v) is 9.88. The van der Waals surface area contributed by atoms with Crippen LogP contribution in [0.4, 0.5) is 8.78 Å². The van der Waals surface area contributed by atoms with Crippen LogP contribution < -0.4 is 4.74 Å². The maximum atomic E-state index is 12.2. The summed E-state index contributed by atoms with van der Waals surface area (Å²) in [6, 6.07) is 6.91. The first-order chi connectivity index (χ1) is 8.17. The van der Waals surface area contributed by atoms with Crippen LogP contribution in [0.15, 0.2) is 18.2 Å². The Balaban J connectivity index is 2.89. The van der Waals surface area contributed by atoms with Crippen molar-refractivity contribution < 1.29 is 13.5 Å². The molecule has 0 spiro atoms. The standard InChI is InChI=1S/C12H12ClF2NO/c13-6-1-2-9-3-4-10(5-7-16)11(8-9)17-12(14)15/h3-4,8,12H,1-2,5-6H2. The number of ether oxygens (including phenoxy) is 1. The lowest BCUT2D eigenvalue weighted by molar-refractivity contribution is -0.0504. The zero-order chi connectivity index (χ0) is 12.7. The second-order valence-corrected chi connectivity index (χ2v) is 3.83. The van der Waals surface area contributed by atoms with Crippen LogP contribution in [-0.4, -0.2) is 12.5 Å². The molecule has 0 aliphatic carbocycles. The van der Waals surface area contributed by atoms with Crippen molar-refractivity contribution >= 4 is 11.6 Å². The largest absolute Gasteiger partial charge is 0.434 e. The van der Waals surface area contributed by atoms with E-state index in [-0.39, 0.29) is 12.2 Å². The Morgan fingerprint density at radius 3 is 2.76 bits per heavy atom. The van der Waals surface area contributed by atoms with Gasteiger partial charge >= 0.3 is 6.61 Å². The van der Waals surface area contributed by atoms with Crippen molar-refractivity contribution in [3.63, 3.8) is 0 Å². The Morgan fingerprint density at radius 2 is 2.18 bits per heavy atom. The summed E-state index contributed by atoms with van der Waals surface area (Å²) in [5.74, 6) is 0.596. The molecule has 92 valence electrons. The van der Waals surface area contributed by atoms with E-state index in [4.69, 9.17) is 16.9 Å². The monoisotopic (exact) mass is 259 g/mol. The highest BCUT2D eigenvalue weighted by Crippen LogP contribution is 2.23. The number of hydrogen-bond donors (Lipinski definition) is 0. The molecule has 17 heavy (non-hydrogen) atoms. The van der Waals surface area contributed by atoms with Gasteiger partial charge in [0.05, 0.1) is 12.5 Å². The summed E-state index contributed by atoms with van der Waals surface area (Å²) in [6.45, 7) is -2.88. The molecule has 0 radical (unpaired) electrons. The maximum Gasteiger partial charge on any atom is 0.387 e. The van der Waals surface area contributed by atoms with E-state index in [0.717, 1.165) is 12.0 Å². The minimum atomic E-state index is -2.88. The third-order valence-corrected chi connectivity index (χ3v) is 2.48. The van der Waals surface area contributed by atoms with E-state index in [1.54, 1.807) is 18.2 Å². The van der Waals surface area contributed by atoms with Gasteiger partial charge in [-0.1, -0.05) is 12.1 Å². The van der Waals surface area contributed by atoms with Gasteiger partial charge < -0.3 is 4.74 Å². The SMILES string of the molecule is N#CCc1ccc(CCCCl)cc1OC(F)F. The number of hydrogen-bond acceptors (Lipinski definition) is 2. The van der Waals surface area contributed by atoms with Crippen molar-refractivity contribution in [2.24, 2.45) is 0 Å². The highest BCUT2D eigenvalue weighted by atomic mass is 35.5. The van der Waals surface area contributed by atoms with Gasteiger partial charge in [-0.25, -0.2) is 0 Å². The van der Waals surface area contributed by atoms with Crippen molar-refractivity contribution in [2.75, 3.05) is 5.88 Å². The minimum Gasteiger partial charge on any atom is -0.434 e. The molecular weight excluding hydrogens is 248 g/mol. The summed E-state index contributed by atoms with van der Waals surface area (Å²) in [6.07, 6.45) is 1.53. The number of nitriles is 1. The third-order valence-electron chi connectivity index (χ3n) is 2.22. The van der Waals surface area contributed by atoms with Gasteiger partial charge in [0.15, 0.2) is 0 Å². The molecule has 0 fully saturated rings. The smallest absolute Gasteiger partial charge is 0.387 e. The fourth-order valence-corrected chi connectivity index (χ4v) is 1.60. The van der Waals surface area contributed by atoms with Crippen LogP contribution >= 0.6 is 11.6 Å². The fraction of sp³-hybridized carbons (Fsp3) is 0.417. The molecular formula is C12H12ClF2NO. The van der Waals surface area contributed by atoms with Crippen LogP contribution in [0.1, 0.15) is 17.5 Å². The van der Waals surface area contributed by atoms with Gasteiger partial charge in [-0.05, 0) is 24.5 Å². The van der Waals surface area contributed by atoms with Crippen molar-refractivity contribution in [3.8, 4) is 11.8 Å². The van der Waals surface area contributed by atoms with Gasteiger partial charge in [0.2, 0.25) is 0 Å². The van der Waals surface area contributed by atoms with Gasteiger partial charge in [-0.15, -0.1) is 11.6 Å². The lowest BCUT2D eigenvalue weighted by atomic mass is 10.1. The highest BCUT2D eigenvalue weighted by molar-refractivity contribution is 6.17. The van der Waals surface area contributed by atoms with Crippen molar-refractivity contribution in [1.29, 1.82) is 5.26 Å². The van der Waals surface area contributed by atoms with E-state index in [0.29, 0.717) is 17.9 Å². The summed E-state index contributed by atoms with van der Waals surface area (Å²) in [4.78, 5) is 0. The first-order valence-electron chi connectivity index (χ1n) is 5.17. The van der Waals surface area contributed by atoms with Gasteiger partial charge in [0.1, 0.15) is 5.75 Å². The predicted molar refractivity (Wildman–Crippen MR) is 61.4 cm³/mol. The van der Waals surface area contributed by atoms with Crippen LogP contribution in [0, 0.1) is 11.3 Å². The lowest BCUT2D eigenvalue weighted by Gasteiger charge is -2.10. The van der Waals surface area contributed by atoms with E-state index in [2.05, 4.69) is 4.74 Å². The number of benzene rings is 1. The van der Waals surface area contributed by atoms with E-state index in [1.165, 1.54) is 0 Å². The Bertz CT molecular complexity index is 404. The molecule has 0 amide bonds. The minimum absolute atomic E-state index is 0.0534. The van der Waals surface area contributed by atoms with Gasteiger partial charge in [0, 0.05) is 11.4 Å². The molecule has 0 bridgehead atoms. The molecule has 2 nitrogen and oxygen atoms in total. The van der Waals surface area contributed by atoms with E-state index in [1.807, 2.05) is 6.07 Å². The molecule has 0 N–H and O–H groups in total. The third kappa shape index (κ3) is 4.58. The van der Waals surface area contributed by atoms with Crippen molar-refractivity contribution in [2.45, 2.75) is 25.9 Å². The second kappa shape index (κ2) is 7.08. The first kappa shape index (κ1) is 13.7. The van der Waals surface area contributed by atoms with Crippen LogP contribution in [0.25, 0.3) is 0 Å². The molecule has 0 aliphatic rings.